The number of rotatable bonds is 8. The number of ether oxygens (including phenoxy) is 1. The number of pyridine rings is 1. The van der Waals surface area contributed by atoms with Crippen molar-refractivity contribution in [1.82, 2.24) is 14.8 Å². The number of nitrogens with zero attached hydrogens (tertiary/aromatic N) is 3. The fourth-order valence-electron chi connectivity index (χ4n) is 2.64. The Morgan fingerprint density at radius 2 is 1.85 bits per heavy atom. The predicted molar refractivity (Wildman–Crippen MR) is 112 cm³/mol. The van der Waals surface area contributed by atoms with Gasteiger partial charge in [-0.25, -0.2) is 0 Å². The molecule has 0 spiro atoms. The van der Waals surface area contributed by atoms with Crippen LogP contribution in [0.25, 0.3) is 0 Å². The van der Waals surface area contributed by atoms with E-state index in [1.807, 2.05) is 55.7 Å². The van der Waals surface area contributed by atoms with E-state index in [-0.39, 0.29) is 6.04 Å². The number of hydrogen-bond acceptors (Lipinski definition) is 4. The molecule has 140 valence electrons. The van der Waals surface area contributed by atoms with Gasteiger partial charge in [0.1, 0.15) is 5.75 Å². The molecule has 0 unspecified atom stereocenters. The first-order valence-corrected chi connectivity index (χ1v) is 9.27. The largest absolute Gasteiger partial charge is 0.492 e. The van der Waals surface area contributed by atoms with Crippen molar-refractivity contribution in [2.24, 2.45) is 0 Å². The average Bonchev–Trinajstić information content (AvgIpc) is 2.64. The van der Waals surface area contributed by atoms with E-state index in [4.69, 9.17) is 17.0 Å². The molecule has 2 rings (SSSR count). The van der Waals surface area contributed by atoms with Crippen LogP contribution in [0.5, 0.6) is 5.75 Å². The molecule has 0 aliphatic carbocycles. The Hall–Kier alpha value is -2.18. The second-order valence-electron chi connectivity index (χ2n) is 6.31. The van der Waals surface area contributed by atoms with Gasteiger partial charge in [0.05, 0.1) is 18.3 Å². The van der Waals surface area contributed by atoms with Gasteiger partial charge in [-0.2, -0.15) is 0 Å². The fraction of sp³-hybridized carbons (Fsp3) is 0.400. The Balaban J connectivity index is 2.20. The lowest BCUT2D eigenvalue weighted by Gasteiger charge is -2.33. The molecule has 0 aliphatic rings. The van der Waals surface area contributed by atoms with Gasteiger partial charge < -0.3 is 19.9 Å². The minimum Gasteiger partial charge on any atom is -0.492 e. The van der Waals surface area contributed by atoms with Gasteiger partial charge >= 0.3 is 0 Å². The number of benzene rings is 1. The monoisotopic (exact) mass is 372 g/mol. The molecule has 0 radical (unpaired) electrons. The first-order valence-electron chi connectivity index (χ1n) is 8.87. The summed E-state index contributed by atoms with van der Waals surface area (Å²) in [4.78, 5) is 8.47. The third-order valence-corrected chi connectivity index (χ3v) is 4.47. The number of nitrogens with one attached hydrogen (secondary N) is 1. The molecular weight excluding hydrogens is 344 g/mol. The van der Waals surface area contributed by atoms with Gasteiger partial charge in [-0.3, -0.25) is 4.98 Å². The zero-order chi connectivity index (χ0) is 18.9. The van der Waals surface area contributed by atoms with Crippen LogP contribution >= 0.6 is 12.2 Å². The van der Waals surface area contributed by atoms with Crippen LogP contribution in [0.3, 0.4) is 0 Å². The van der Waals surface area contributed by atoms with Crippen molar-refractivity contribution in [3.63, 3.8) is 0 Å². The Bertz CT molecular complexity index is 693. The molecule has 26 heavy (non-hydrogen) atoms. The second-order valence-corrected chi connectivity index (χ2v) is 6.70. The Morgan fingerprint density at radius 1 is 1.15 bits per heavy atom. The van der Waals surface area contributed by atoms with Crippen LogP contribution in [-0.2, 0) is 0 Å². The Kier molecular flexibility index (Phi) is 7.81. The van der Waals surface area contributed by atoms with Gasteiger partial charge in [-0.05, 0) is 70.0 Å². The molecule has 0 saturated carbocycles. The van der Waals surface area contributed by atoms with Crippen molar-refractivity contribution < 1.29 is 4.74 Å². The maximum absolute atomic E-state index is 5.75. The molecule has 0 bridgehead atoms. The molecule has 6 heteroatoms. The van der Waals surface area contributed by atoms with E-state index in [0.29, 0.717) is 11.7 Å². The molecule has 0 aliphatic heterocycles. The van der Waals surface area contributed by atoms with Crippen LogP contribution in [0, 0.1) is 0 Å². The zero-order valence-corrected chi connectivity index (χ0v) is 16.8. The first kappa shape index (κ1) is 20.1. The predicted octanol–water partition coefficient (Wildman–Crippen LogP) is 3.80. The highest BCUT2D eigenvalue weighted by molar-refractivity contribution is 7.80. The van der Waals surface area contributed by atoms with Crippen molar-refractivity contribution >= 4 is 23.0 Å². The molecule has 5 nitrogen and oxygen atoms in total. The quantitative estimate of drug-likeness (QED) is 0.711. The summed E-state index contributed by atoms with van der Waals surface area (Å²) in [6.45, 7) is 6.48. The van der Waals surface area contributed by atoms with Crippen molar-refractivity contribution in [1.29, 1.82) is 0 Å². The molecule has 1 aromatic heterocycles. The SMILES string of the molecule is CCOc1ccccc1NC(=S)N(CCN(C)C)[C@@H](C)c1ccncc1. The van der Waals surface area contributed by atoms with Crippen LogP contribution in [0.4, 0.5) is 5.69 Å². The van der Waals surface area contributed by atoms with Crippen molar-refractivity contribution in [3.8, 4) is 5.75 Å². The highest BCUT2D eigenvalue weighted by Crippen LogP contribution is 2.26. The van der Waals surface area contributed by atoms with Crippen LogP contribution < -0.4 is 10.1 Å². The van der Waals surface area contributed by atoms with E-state index >= 15 is 0 Å². The Morgan fingerprint density at radius 3 is 2.50 bits per heavy atom. The lowest BCUT2D eigenvalue weighted by atomic mass is 10.1. The second kappa shape index (κ2) is 10.1. The number of thiocarbonyl (C=S) groups is 1. The number of para-hydroxylation sites is 2. The van der Waals surface area contributed by atoms with E-state index in [1.165, 1.54) is 5.56 Å². The molecule has 1 atom stereocenters. The van der Waals surface area contributed by atoms with Crippen LogP contribution in [0.1, 0.15) is 25.5 Å². The molecule has 1 heterocycles. The fourth-order valence-corrected chi connectivity index (χ4v) is 3.00. The lowest BCUT2D eigenvalue weighted by molar-refractivity contribution is 0.289. The molecule has 0 saturated heterocycles. The lowest BCUT2D eigenvalue weighted by Crippen LogP contribution is -2.41. The van der Waals surface area contributed by atoms with Crippen molar-refractivity contribution in [2.75, 3.05) is 39.1 Å². The number of hydrogen-bond donors (Lipinski definition) is 1. The minimum atomic E-state index is 0.136. The van der Waals surface area contributed by atoms with Crippen molar-refractivity contribution in [2.45, 2.75) is 19.9 Å². The van der Waals surface area contributed by atoms with E-state index < -0.39 is 0 Å². The minimum absolute atomic E-state index is 0.136. The summed E-state index contributed by atoms with van der Waals surface area (Å²) in [7, 11) is 4.13. The molecule has 1 aromatic carbocycles. The first-order chi connectivity index (χ1) is 12.5. The van der Waals surface area contributed by atoms with Gasteiger partial charge in [0.15, 0.2) is 5.11 Å². The van der Waals surface area contributed by atoms with Gasteiger partial charge in [0.25, 0.3) is 0 Å². The number of aromatic nitrogens is 1. The summed E-state index contributed by atoms with van der Waals surface area (Å²) < 4.78 is 5.70. The zero-order valence-electron chi connectivity index (χ0n) is 16.0. The van der Waals surface area contributed by atoms with Crippen LogP contribution in [0.2, 0.25) is 0 Å². The topological polar surface area (TPSA) is 40.6 Å². The molecular formula is C20H28N4OS. The summed E-state index contributed by atoms with van der Waals surface area (Å²) >= 11 is 5.75. The highest BCUT2D eigenvalue weighted by atomic mass is 32.1. The van der Waals surface area contributed by atoms with E-state index in [1.54, 1.807) is 0 Å². The van der Waals surface area contributed by atoms with Gasteiger partial charge in [0.2, 0.25) is 0 Å². The third-order valence-electron chi connectivity index (χ3n) is 4.13. The summed E-state index contributed by atoms with van der Waals surface area (Å²) in [5.74, 6) is 0.807. The molecule has 1 N–H and O–H groups in total. The maximum atomic E-state index is 5.75. The third kappa shape index (κ3) is 5.68. The smallest absolute Gasteiger partial charge is 0.174 e. The molecule has 2 aromatic rings. The standard InChI is InChI=1S/C20H28N4OS/c1-5-25-19-9-7-6-8-18(19)22-20(26)24(15-14-23(3)4)16(2)17-10-12-21-13-11-17/h6-13,16H,5,14-15H2,1-4H3,(H,22,26)/t16-/m0/s1. The number of anilines is 1. The summed E-state index contributed by atoms with van der Waals surface area (Å²) in [5.41, 5.74) is 2.07. The summed E-state index contributed by atoms with van der Waals surface area (Å²) in [5, 5.41) is 4.05. The van der Waals surface area contributed by atoms with Gasteiger partial charge in [-0.1, -0.05) is 12.1 Å². The van der Waals surface area contributed by atoms with E-state index in [9.17, 15) is 0 Å². The maximum Gasteiger partial charge on any atom is 0.174 e. The van der Waals surface area contributed by atoms with Crippen molar-refractivity contribution in [3.05, 3.63) is 54.4 Å². The number of likely N-dealkylation sites (N-methyl/N-ethyl adjacent to an activating group) is 1. The summed E-state index contributed by atoms with van der Waals surface area (Å²) in [6, 6.07) is 12.1. The molecule has 0 amide bonds. The Labute approximate surface area is 162 Å². The average molecular weight is 373 g/mol. The van der Waals surface area contributed by atoms with E-state index in [0.717, 1.165) is 24.5 Å². The normalized spacial score (nSPS) is 11.9. The summed E-state index contributed by atoms with van der Waals surface area (Å²) in [6.07, 6.45) is 3.63. The van der Waals surface area contributed by atoms with E-state index in [2.05, 4.69) is 41.1 Å². The van der Waals surface area contributed by atoms with Gasteiger partial charge in [0, 0.05) is 25.5 Å². The molecule has 0 fully saturated rings. The van der Waals surface area contributed by atoms with Crippen LogP contribution in [0.15, 0.2) is 48.8 Å². The van der Waals surface area contributed by atoms with Gasteiger partial charge in [-0.15, -0.1) is 0 Å². The van der Waals surface area contributed by atoms with Crippen LogP contribution in [-0.4, -0.2) is 53.7 Å². The highest BCUT2D eigenvalue weighted by Gasteiger charge is 2.19.